The molecule has 0 unspecified atom stereocenters. The van der Waals surface area contributed by atoms with Gasteiger partial charge in [0.05, 0.1) is 11.2 Å². The van der Waals surface area contributed by atoms with Crippen molar-refractivity contribution in [3.8, 4) is 0 Å². The van der Waals surface area contributed by atoms with Crippen LogP contribution in [0.2, 0.25) is 10.0 Å². The minimum Gasteiger partial charge on any atom is -0.352 e. The lowest BCUT2D eigenvalue weighted by Crippen LogP contribution is -2.38. The molecule has 1 atom stereocenters. The lowest BCUT2D eigenvalue weighted by Gasteiger charge is -2.14. The molecule has 1 amide bonds. The topological polar surface area (TPSA) is 64.0 Å². The maximum Gasteiger partial charge on any atom is 0.287 e. The number of nitrogens with one attached hydrogen (secondary N) is 1. The fourth-order valence-electron chi connectivity index (χ4n) is 1.79. The molecule has 1 heterocycles. The molecule has 1 N–H and O–H groups in total. The monoisotopic (exact) mass is 319 g/mol. The largest absolute Gasteiger partial charge is 0.352 e. The summed E-state index contributed by atoms with van der Waals surface area (Å²) in [5, 5.41) is 6.59. The highest BCUT2D eigenvalue weighted by Crippen LogP contribution is 2.14. The van der Waals surface area contributed by atoms with Gasteiger partial charge in [-0.1, -0.05) is 49.4 Å². The molecule has 1 aromatic heterocycles. The van der Waals surface area contributed by atoms with E-state index in [4.69, 9.17) is 23.2 Å². The van der Waals surface area contributed by atoms with Gasteiger partial charge in [0.1, 0.15) is 11.6 Å². The highest BCUT2D eigenvalue weighted by atomic mass is 35.5. The first kappa shape index (κ1) is 17.0. The van der Waals surface area contributed by atoms with E-state index in [1.54, 1.807) is 0 Å². The second-order valence-electron chi connectivity index (χ2n) is 4.73. The number of amides is 1. The quantitative estimate of drug-likeness (QED) is 0.786. The second kappa shape index (κ2) is 8.27. The van der Waals surface area contributed by atoms with Crippen LogP contribution in [-0.2, 0) is 11.3 Å². The molecule has 0 radical (unpaired) electrons. The lowest BCUT2D eigenvalue weighted by molar-refractivity contribution is -0.122. The van der Waals surface area contributed by atoms with E-state index in [-0.39, 0.29) is 28.5 Å². The van der Waals surface area contributed by atoms with E-state index in [0.717, 1.165) is 30.4 Å². The number of unbranched alkanes of at least 4 members (excludes halogenated alkanes) is 2. The second-order valence-corrected chi connectivity index (χ2v) is 5.52. The zero-order chi connectivity index (χ0) is 15.1. The van der Waals surface area contributed by atoms with E-state index >= 15 is 0 Å². The lowest BCUT2D eigenvalue weighted by atomic mass is 10.1. The molecule has 7 heteroatoms. The number of aromatic nitrogens is 2. The van der Waals surface area contributed by atoms with Crippen molar-refractivity contribution in [3.05, 3.63) is 26.6 Å². The van der Waals surface area contributed by atoms with E-state index < -0.39 is 5.56 Å². The molecule has 0 aliphatic carbocycles. The standard InChI is InChI=1S/C13H19Cl2N3O2/c1-3-4-5-6-9(2)17-11(19)8-18-13(20)12(15)10(14)7-16-18/h7,9H,3-6,8H2,1-2H3,(H,17,19)/t9-/m1/s1. The molecule has 0 aliphatic heterocycles. The number of halogens is 2. The van der Waals surface area contributed by atoms with Crippen molar-refractivity contribution >= 4 is 29.1 Å². The fraction of sp³-hybridized carbons (Fsp3) is 0.615. The predicted octanol–water partition coefficient (Wildman–Crippen LogP) is 2.64. The van der Waals surface area contributed by atoms with Gasteiger partial charge in [-0.25, -0.2) is 4.68 Å². The third-order valence-corrected chi connectivity index (χ3v) is 3.63. The summed E-state index contributed by atoms with van der Waals surface area (Å²) in [6.45, 7) is 3.91. The van der Waals surface area contributed by atoms with Crippen LogP contribution in [0.25, 0.3) is 0 Å². The first-order valence-electron chi connectivity index (χ1n) is 6.66. The summed E-state index contributed by atoms with van der Waals surface area (Å²) in [4.78, 5) is 23.5. The van der Waals surface area contributed by atoms with Crippen molar-refractivity contribution in [2.75, 3.05) is 0 Å². The maximum absolute atomic E-state index is 11.8. The normalized spacial score (nSPS) is 12.2. The van der Waals surface area contributed by atoms with Crippen LogP contribution in [-0.4, -0.2) is 21.7 Å². The van der Waals surface area contributed by atoms with Gasteiger partial charge in [0, 0.05) is 6.04 Å². The Morgan fingerprint density at radius 3 is 2.80 bits per heavy atom. The molecule has 0 saturated heterocycles. The van der Waals surface area contributed by atoms with Crippen LogP contribution in [0.15, 0.2) is 11.0 Å². The van der Waals surface area contributed by atoms with Crippen molar-refractivity contribution in [1.29, 1.82) is 0 Å². The van der Waals surface area contributed by atoms with Gasteiger partial charge in [-0.05, 0) is 13.3 Å². The number of rotatable bonds is 7. The first-order valence-corrected chi connectivity index (χ1v) is 7.41. The molecular weight excluding hydrogens is 301 g/mol. The molecule has 112 valence electrons. The number of carbonyl (C=O) groups is 1. The van der Waals surface area contributed by atoms with Gasteiger partial charge in [0.25, 0.3) is 5.56 Å². The Morgan fingerprint density at radius 1 is 1.45 bits per heavy atom. The van der Waals surface area contributed by atoms with Crippen LogP contribution in [0, 0.1) is 0 Å². The minimum absolute atomic E-state index is 0.0764. The van der Waals surface area contributed by atoms with Crippen LogP contribution < -0.4 is 10.9 Å². The number of nitrogens with zero attached hydrogens (tertiary/aromatic N) is 2. The first-order chi connectivity index (χ1) is 9.45. The third-order valence-electron chi connectivity index (χ3n) is 2.88. The molecule has 20 heavy (non-hydrogen) atoms. The summed E-state index contributed by atoms with van der Waals surface area (Å²) in [6.07, 6.45) is 5.53. The van der Waals surface area contributed by atoms with Crippen LogP contribution in [0.5, 0.6) is 0 Å². The summed E-state index contributed by atoms with van der Waals surface area (Å²) in [5.74, 6) is -0.262. The highest BCUT2D eigenvalue weighted by molar-refractivity contribution is 6.41. The Labute approximate surface area is 128 Å². The van der Waals surface area contributed by atoms with Gasteiger partial charge in [0.2, 0.25) is 5.91 Å². The zero-order valence-corrected chi connectivity index (χ0v) is 13.2. The number of carbonyl (C=O) groups excluding carboxylic acids is 1. The minimum atomic E-state index is -0.562. The van der Waals surface area contributed by atoms with E-state index in [0.29, 0.717) is 0 Å². The molecule has 0 spiro atoms. The van der Waals surface area contributed by atoms with Crippen LogP contribution in [0.3, 0.4) is 0 Å². The van der Waals surface area contributed by atoms with Crippen LogP contribution in [0.1, 0.15) is 39.5 Å². The van der Waals surface area contributed by atoms with Crippen molar-refractivity contribution in [2.45, 2.75) is 52.1 Å². The molecule has 0 aromatic carbocycles. The van der Waals surface area contributed by atoms with Gasteiger partial charge < -0.3 is 5.32 Å². The summed E-state index contributed by atoms with van der Waals surface area (Å²) in [7, 11) is 0. The number of hydrogen-bond acceptors (Lipinski definition) is 3. The molecule has 0 aliphatic rings. The Hall–Kier alpha value is -1.07. The van der Waals surface area contributed by atoms with Crippen molar-refractivity contribution in [1.82, 2.24) is 15.1 Å². The predicted molar refractivity (Wildman–Crippen MR) is 80.3 cm³/mol. The summed E-state index contributed by atoms with van der Waals surface area (Å²) in [5.41, 5.74) is -0.562. The Morgan fingerprint density at radius 2 is 2.15 bits per heavy atom. The SMILES string of the molecule is CCCCC[C@@H](C)NC(=O)Cn1ncc(Cl)c(Cl)c1=O. The molecule has 1 aromatic rings. The molecule has 0 bridgehead atoms. The molecular formula is C13H19Cl2N3O2. The summed E-state index contributed by atoms with van der Waals surface area (Å²) < 4.78 is 1.00. The average molecular weight is 320 g/mol. The molecule has 5 nitrogen and oxygen atoms in total. The Balaban J connectivity index is 2.55. The Bertz CT molecular complexity index is 517. The van der Waals surface area contributed by atoms with Crippen molar-refractivity contribution in [2.24, 2.45) is 0 Å². The average Bonchev–Trinajstić information content (AvgIpc) is 2.40. The maximum atomic E-state index is 11.8. The van der Waals surface area contributed by atoms with Crippen molar-refractivity contribution < 1.29 is 4.79 Å². The van der Waals surface area contributed by atoms with E-state index in [1.165, 1.54) is 6.20 Å². The highest BCUT2D eigenvalue weighted by Gasteiger charge is 2.12. The fourth-order valence-corrected chi connectivity index (χ4v) is 2.06. The van der Waals surface area contributed by atoms with Crippen molar-refractivity contribution in [3.63, 3.8) is 0 Å². The van der Waals surface area contributed by atoms with Gasteiger partial charge in [-0.2, -0.15) is 5.10 Å². The smallest absolute Gasteiger partial charge is 0.287 e. The summed E-state index contributed by atoms with van der Waals surface area (Å²) in [6, 6.07) is 0.0764. The van der Waals surface area contributed by atoms with Gasteiger partial charge in [-0.15, -0.1) is 0 Å². The van der Waals surface area contributed by atoms with E-state index in [9.17, 15) is 9.59 Å². The molecule has 1 rings (SSSR count). The van der Waals surface area contributed by atoms with Gasteiger partial charge in [-0.3, -0.25) is 9.59 Å². The molecule has 0 saturated carbocycles. The molecule has 0 fully saturated rings. The van der Waals surface area contributed by atoms with E-state index in [1.807, 2.05) is 6.92 Å². The van der Waals surface area contributed by atoms with Crippen LogP contribution in [0.4, 0.5) is 0 Å². The zero-order valence-electron chi connectivity index (χ0n) is 11.7. The van der Waals surface area contributed by atoms with Crippen LogP contribution >= 0.6 is 23.2 Å². The number of hydrogen-bond donors (Lipinski definition) is 1. The third kappa shape index (κ3) is 5.13. The summed E-state index contributed by atoms with van der Waals surface area (Å²) >= 11 is 11.4. The Kier molecular flexibility index (Phi) is 7.02. The van der Waals surface area contributed by atoms with Gasteiger partial charge >= 0.3 is 0 Å². The van der Waals surface area contributed by atoms with Gasteiger partial charge in [0.15, 0.2) is 0 Å². The van der Waals surface area contributed by atoms with E-state index in [2.05, 4.69) is 17.3 Å².